The third-order valence-electron chi connectivity index (χ3n) is 2.59. The Kier molecular flexibility index (Phi) is 3.01. The number of aromatic nitrogens is 1. The van der Waals surface area contributed by atoms with Crippen LogP contribution < -0.4 is 0 Å². The summed E-state index contributed by atoms with van der Waals surface area (Å²) in [5.41, 5.74) is 1.52. The molecule has 1 fully saturated rings. The molecule has 0 atom stereocenters. The highest BCUT2D eigenvalue weighted by molar-refractivity contribution is 14.2. The zero-order chi connectivity index (χ0) is 8.39. The molecule has 1 aliphatic carbocycles. The van der Waals surface area contributed by atoms with Crippen molar-refractivity contribution in [2.45, 2.75) is 31.6 Å². The lowest BCUT2D eigenvalue weighted by Crippen LogP contribution is -1.96. The van der Waals surface area contributed by atoms with Gasteiger partial charge >= 0.3 is 0 Å². The van der Waals surface area contributed by atoms with E-state index in [1.807, 2.05) is 0 Å². The quantitative estimate of drug-likeness (QED) is 0.746. The van der Waals surface area contributed by atoms with Gasteiger partial charge in [-0.3, -0.25) is 3.97 Å². The summed E-state index contributed by atoms with van der Waals surface area (Å²) in [6.07, 6.45) is 7.77. The molecule has 0 aromatic carbocycles. The SMILES string of the molecule is ISn1cccc1C1CCCC1. The summed E-state index contributed by atoms with van der Waals surface area (Å²) < 4.78 is 2.29. The summed E-state index contributed by atoms with van der Waals surface area (Å²) in [4.78, 5) is 0. The maximum Gasteiger partial charge on any atom is 0.0331 e. The molecule has 1 aromatic rings. The predicted octanol–water partition coefficient (Wildman–Crippen LogP) is 3.99. The summed E-state index contributed by atoms with van der Waals surface area (Å²) in [6, 6.07) is 4.42. The van der Waals surface area contributed by atoms with Crippen molar-refractivity contribution in [3.63, 3.8) is 0 Å². The topological polar surface area (TPSA) is 4.93 Å². The third-order valence-corrected chi connectivity index (χ3v) is 4.35. The molecular weight excluding hydrogens is 281 g/mol. The number of nitrogens with zero attached hydrogens (tertiary/aromatic N) is 1. The van der Waals surface area contributed by atoms with Crippen molar-refractivity contribution in [2.75, 3.05) is 0 Å². The molecule has 0 saturated heterocycles. The van der Waals surface area contributed by atoms with E-state index in [-0.39, 0.29) is 0 Å². The Hall–Kier alpha value is 0.360. The molecule has 12 heavy (non-hydrogen) atoms. The maximum absolute atomic E-state index is 2.34. The first-order valence-electron chi connectivity index (χ1n) is 4.38. The molecule has 3 heteroatoms. The van der Waals surface area contributed by atoms with Crippen molar-refractivity contribution in [2.24, 2.45) is 0 Å². The van der Waals surface area contributed by atoms with E-state index < -0.39 is 0 Å². The van der Waals surface area contributed by atoms with Gasteiger partial charge in [0.05, 0.1) is 0 Å². The standard InChI is InChI=1S/C9H12INS/c10-12-11-7-3-6-9(11)8-4-1-2-5-8/h3,6-8H,1-2,4-5H2. The summed E-state index contributed by atoms with van der Waals surface area (Å²) in [7, 11) is 1.78. The molecule has 1 aliphatic rings. The van der Waals surface area contributed by atoms with Crippen LogP contribution in [0.4, 0.5) is 0 Å². The van der Waals surface area contributed by atoms with Crippen molar-refractivity contribution in [1.29, 1.82) is 0 Å². The van der Waals surface area contributed by atoms with Crippen LogP contribution in [-0.4, -0.2) is 3.97 Å². The number of rotatable bonds is 2. The van der Waals surface area contributed by atoms with Gasteiger partial charge in [-0.1, -0.05) is 12.8 Å². The van der Waals surface area contributed by atoms with Crippen LogP contribution in [0.1, 0.15) is 37.3 Å². The van der Waals surface area contributed by atoms with Crippen LogP contribution in [-0.2, 0) is 0 Å². The first-order chi connectivity index (χ1) is 5.92. The minimum Gasteiger partial charge on any atom is -0.287 e. The molecule has 1 saturated carbocycles. The Bertz CT molecular complexity index is 253. The van der Waals surface area contributed by atoms with Crippen molar-refractivity contribution in [1.82, 2.24) is 3.97 Å². The minimum absolute atomic E-state index is 0.835. The highest BCUT2D eigenvalue weighted by Crippen LogP contribution is 2.36. The molecule has 1 nitrogen and oxygen atoms in total. The van der Waals surface area contributed by atoms with Crippen LogP contribution in [0.15, 0.2) is 18.3 Å². The second kappa shape index (κ2) is 4.05. The van der Waals surface area contributed by atoms with Crippen LogP contribution in [0.25, 0.3) is 0 Å². The molecule has 0 bridgehead atoms. The molecule has 0 aliphatic heterocycles. The molecular formula is C9H12INS. The van der Waals surface area contributed by atoms with Gasteiger partial charge in [0, 0.05) is 48.1 Å². The van der Waals surface area contributed by atoms with Gasteiger partial charge in [-0.05, 0) is 25.0 Å². The lowest BCUT2D eigenvalue weighted by molar-refractivity contribution is 0.696. The number of hydrogen-bond acceptors (Lipinski definition) is 1. The van der Waals surface area contributed by atoms with Crippen LogP contribution in [0, 0.1) is 0 Å². The van der Waals surface area contributed by atoms with E-state index in [1.165, 1.54) is 31.4 Å². The molecule has 0 N–H and O–H groups in total. The van der Waals surface area contributed by atoms with E-state index in [0.717, 1.165) is 5.92 Å². The van der Waals surface area contributed by atoms with Crippen LogP contribution in [0.2, 0.25) is 0 Å². The summed E-state index contributed by atoms with van der Waals surface area (Å²) in [6.45, 7) is 0. The third kappa shape index (κ3) is 1.66. The molecule has 2 rings (SSSR count). The van der Waals surface area contributed by atoms with E-state index in [4.69, 9.17) is 0 Å². The molecule has 0 radical (unpaired) electrons. The van der Waals surface area contributed by atoms with Gasteiger partial charge in [0.2, 0.25) is 0 Å². The van der Waals surface area contributed by atoms with Gasteiger partial charge in [0.15, 0.2) is 0 Å². The highest BCUT2D eigenvalue weighted by atomic mass is 127. The lowest BCUT2D eigenvalue weighted by atomic mass is 10.1. The maximum atomic E-state index is 2.34. The Balaban J connectivity index is 2.19. The largest absolute Gasteiger partial charge is 0.287 e. The normalized spacial score (nSPS) is 18.8. The molecule has 66 valence electrons. The van der Waals surface area contributed by atoms with Crippen LogP contribution >= 0.6 is 30.3 Å². The van der Waals surface area contributed by atoms with Gasteiger partial charge in [-0.15, -0.1) is 0 Å². The molecule has 0 spiro atoms. The van der Waals surface area contributed by atoms with Crippen LogP contribution in [0.3, 0.4) is 0 Å². The summed E-state index contributed by atoms with van der Waals surface area (Å²) in [5.74, 6) is 0.835. The fraction of sp³-hybridized carbons (Fsp3) is 0.556. The van der Waals surface area contributed by atoms with Crippen molar-refractivity contribution in [3.05, 3.63) is 24.0 Å². The average Bonchev–Trinajstić information content (AvgIpc) is 2.74. The fourth-order valence-electron chi connectivity index (χ4n) is 1.98. The zero-order valence-corrected chi connectivity index (χ0v) is 9.85. The first-order valence-corrected chi connectivity index (χ1v) is 7.70. The van der Waals surface area contributed by atoms with Gasteiger partial charge in [-0.25, -0.2) is 0 Å². The lowest BCUT2D eigenvalue weighted by Gasteiger charge is -2.10. The molecule has 1 aromatic heterocycles. The van der Waals surface area contributed by atoms with Gasteiger partial charge < -0.3 is 0 Å². The van der Waals surface area contributed by atoms with Crippen molar-refractivity contribution >= 4 is 30.3 Å². The predicted molar refractivity (Wildman–Crippen MR) is 62.7 cm³/mol. The van der Waals surface area contributed by atoms with Gasteiger partial charge in [-0.2, -0.15) is 0 Å². The van der Waals surface area contributed by atoms with Gasteiger partial charge in [0.25, 0.3) is 0 Å². The Labute approximate surface area is 89.6 Å². The molecule has 0 amide bonds. The summed E-state index contributed by atoms with van der Waals surface area (Å²) >= 11 is 2.34. The monoisotopic (exact) mass is 293 g/mol. The van der Waals surface area contributed by atoms with Crippen LogP contribution in [0.5, 0.6) is 0 Å². The number of halogens is 1. The highest BCUT2D eigenvalue weighted by Gasteiger charge is 2.19. The second-order valence-electron chi connectivity index (χ2n) is 3.31. The second-order valence-corrected chi connectivity index (χ2v) is 5.02. The number of hydrogen-bond donors (Lipinski definition) is 0. The zero-order valence-electron chi connectivity index (χ0n) is 6.87. The Morgan fingerprint density at radius 2 is 2.17 bits per heavy atom. The van der Waals surface area contributed by atoms with Crippen molar-refractivity contribution in [3.8, 4) is 0 Å². The summed E-state index contributed by atoms with van der Waals surface area (Å²) in [5, 5.41) is 0. The fourth-order valence-corrected chi connectivity index (χ4v) is 3.46. The van der Waals surface area contributed by atoms with E-state index in [9.17, 15) is 0 Å². The van der Waals surface area contributed by atoms with E-state index >= 15 is 0 Å². The average molecular weight is 293 g/mol. The smallest absolute Gasteiger partial charge is 0.0331 e. The van der Waals surface area contributed by atoms with E-state index in [0.29, 0.717) is 0 Å². The van der Waals surface area contributed by atoms with E-state index in [2.05, 4.69) is 43.5 Å². The molecule has 1 heterocycles. The van der Waals surface area contributed by atoms with Crippen molar-refractivity contribution < 1.29 is 0 Å². The van der Waals surface area contributed by atoms with E-state index in [1.54, 1.807) is 9.12 Å². The molecule has 0 unspecified atom stereocenters. The minimum atomic E-state index is 0.835. The Morgan fingerprint density at radius 3 is 2.83 bits per heavy atom. The Morgan fingerprint density at radius 1 is 1.42 bits per heavy atom. The first kappa shape index (κ1) is 8.94. The van der Waals surface area contributed by atoms with Gasteiger partial charge in [0.1, 0.15) is 0 Å².